The lowest BCUT2D eigenvalue weighted by atomic mass is 9.89. The van der Waals surface area contributed by atoms with Gasteiger partial charge in [-0.15, -0.1) is 0 Å². The van der Waals surface area contributed by atoms with E-state index < -0.39 is 24.6 Å². The average molecular weight is 253 g/mol. The van der Waals surface area contributed by atoms with Gasteiger partial charge in [-0.2, -0.15) is 13.2 Å². The van der Waals surface area contributed by atoms with Crippen molar-refractivity contribution in [2.24, 2.45) is 5.92 Å². The zero-order chi connectivity index (χ0) is 13.1. The van der Waals surface area contributed by atoms with Crippen LogP contribution in [0.15, 0.2) is 0 Å². The van der Waals surface area contributed by atoms with E-state index in [-0.39, 0.29) is 6.54 Å². The molecule has 1 aliphatic rings. The van der Waals surface area contributed by atoms with Crippen LogP contribution in [0.4, 0.5) is 13.2 Å². The minimum Gasteiger partial charge on any atom is -0.480 e. The summed E-state index contributed by atoms with van der Waals surface area (Å²) in [6, 6.07) is -0.754. The van der Waals surface area contributed by atoms with E-state index in [0.717, 1.165) is 12.8 Å². The SMILES string of the molecule is CCC1CCN(CCC(F)(F)F)C(C(=O)O)C1. The first kappa shape index (κ1) is 14.3. The molecule has 0 spiro atoms. The van der Waals surface area contributed by atoms with Crippen molar-refractivity contribution in [3.63, 3.8) is 0 Å². The van der Waals surface area contributed by atoms with Crippen molar-refractivity contribution in [2.45, 2.75) is 44.8 Å². The highest BCUT2D eigenvalue weighted by atomic mass is 19.4. The summed E-state index contributed by atoms with van der Waals surface area (Å²) in [4.78, 5) is 12.5. The first-order chi connectivity index (χ1) is 7.83. The van der Waals surface area contributed by atoms with Crippen LogP contribution < -0.4 is 0 Å². The molecule has 0 amide bonds. The third-order valence-corrected chi connectivity index (χ3v) is 3.37. The van der Waals surface area contributed by atoms with Crippen LogP contribution in [0.2, 0.25) is 0 Å². The predicted octanol–water partition coefficient (Wildman–Crippen LogP) is 2.51. The Labute approximate surface area is 98.6 Å². The molecule has 2 atom stereocenters. The number of likely N-dealkylation sites (tertiary alicyclic amines) is 1. The molecule has 1 rings (SSSR count). The largest absolute Gasteiger partial charge is 0.480 e. The maximum atomic E-state index is 12.1. The molecule has 0 saturated carbocycles. The van der Waals surface area contributed by atoms with Gasteiger partial charge in [-0.25, -0.2) is 0 Å². The van der Waals surface area contributed by atoms with E-state index in [2.05, 4.69) is 0 Å². The van der Waals surface area contributed by atoms with Crippen LogP contribution in [0.5, 0.6) is 0 Å². The molecule has 6 heteroatoms. The van der Waals surface area contributed by atoms with Crippen LogP contribution in [-0.2, 0) is 4.79 Å². The zero-order valence-corrected chi connectivity index (χ0v) is 9.83. The summed E-state index contributed by atoms with van der Waals surface area (Å²) in [5.74, 6) is -0.691. The van der Waals surface area contributed by atoms with Gasteiger partial charge in [-0.05, 0) is 25.3 Å². The molecule has 0 aliphatic carbocycles. The summed E-state index contributed by atoms with van der Waals surface area (Å²) >= 11 is 0. The highest BCUT2D eigenvalue weighted by molar-refractivity contribution is 5.73. The Morgan fingerprint density at radius 2 is 2.12 bits per heavy atom. The minimum atomic E-state index is -4.22. The molecule has 0 bridgehead atoms. The molecule has 1 N–H and O–H groups in total. The first-order valence-electron chi connectivity index (χ1n) is 5.87. The van der Waals surface area contributed by atoms with Crippen molar-refractivity contribution in [3.8, 4) is 0 Å². The molecule has 0 aromatic rings. The number of carboxylic acid groups (broad SMARTS) is 1. The lowest BCUT2D eigenvalue weighted by Crippen LogP contribution is -2.48. The van der Waals surface area contributed by atoms with E-state index >= 15 is 0 Å². The van der Waals surface area contributed by atoms with Gasteiger partial charge in [-0.1, -0.05) is 13.3 Å². The van der Waals surface area contributed by atoms with Crippen molar-refractivity contribution in [3.05, 3.63) is 0 Å². The average Bonchev–Trinajstić information content (AvgIpc) is 2.25. The van der Waals surface area contributed by atoms with E-state index in [1.165, 1.54) is 4.90 Å². The van der Waals surface area contributed by atoms with Crippen molar-refractivity contribution < 1.29 is 23.1 Å². The van der Waals surface area contributed by atoms with Gasteiger partial charge in [0.1, 0.15) is 6.04 Å². The summed E-state index contributed by atoms with van der Waals surface area (Å²) in [5.41, 5.74) is 0. The molecular weight excluding hydrogens is 235 g/mol. The Morgan fingerprint density at radius 1 is 1.47 bits per heavy atom. The van der Waals surface area contributed by atoms with Crippen molar-refractivity contribution in [2.75, 3.05) is 13.1 Å². The lowest BCUT2D eigenvalue weighted by Gasteiger charge is -2.37. The normalized spacial score (nSPS) is 27.1. The summed E-state index contributed by atoms with van der Waals surface area (Å²) < 4.78 is 36.3. The Balaban J connectivity index is 2.55. The van der Waals surface area contributed by atoms with E-state index in [1.807, 2.05) is 6.92 Å². The summed E-state index contributed by atoms with van der Waals surface area (Å²) in [6.45, 7) is 2.22. The maximum Gasteiger partial charge on any atom is 0.390 e. The van der Waals surface area contributed by atoms with E-state index in [0.29, 0.717) is 18.9 Å². The second-order valence-corrected chi connectivity index (χ2v) is 4.55. The maximum absolute atomic E-state index is 12.1. The molecule has 17 heavy (non-hydrogen) atoms. The third kappa shape index (κ3) is 4.53. The van der Waals surface area contributed by atoms with Crippen molar-refractivity contribution >= 4 is 5.97 Å². The van der Waals surface area contributed by atoms with Crippen molar-refractivity contribution in [1.82, 2.24) is 4.90 Å². The molecule has 1 aliphatic heterocycles. The number of carboxylic acids is 1. The molecule has 0 aromatic carbocycles. The van der Waals surface area contributed by atoms with Crippen molar-refractivity contribution in [1.29, 1.82) is 0 Å². The zero-order valence-electron chi connectivity index (χ0n) is 9.83. The molecule has 2 unspecified atom stereocenters. The summed E-state index contributed by atoms with van der Waals surface area (Å²) in [7, 11) is 0. The monoisotopic (exact) mass is 253 g/mol. The van der Waals surface area contributed by atoms with Crippen LogP contribution in [-0.4, -0.2) is 41.3 Å². The Morgan fingerprint density at radius 3 is 2.59 bits per heavy atom. The van der Waals surface area contributed by atoms with E-state index in [1.54, 1.807) is 0 Å². The van der Waals surface area contributed by atoms with Gasteiger partial charge in [0.25, 0.3) is 0 Å². The van der Waals surface area contributed by atoms with Gasteiger partial charge >= 0.3 is 12.1 Å². The second-order valence-electron chi connectivity index (χ2n) is 4.55. The Bertz CT molecular complexity index is 268. The second kappa shape index (κ2) is 5.71. The lowest BCUT2D eigenvalue weighted by molar-refractivity contribution is -0.153. The van der Waals surface area contributed by atoms with Crippen LogP contribution in [0, 0.1) is 5.92 Å². The van der Waals surface area contributed by atoms with Crippen LogP contribution >= 0.6 is 0 Å². The quantitative estimate of drug-likeness (QED) is 0.837. The summed E-state index contributed by atoms with van der Waals surface area (Å²) in [5, 5.41) is 9.03. The molecule has 100 valence electrons. The van der Waals surface area contributed by atoms with Gasteiger partial charge < -0.3 is 5.11 Å². The standard InChI is InChI=1S/C11H18F3NO2/c1-2-8-3-5-15(6-4-11(12,13)14)9(7-8)10(16)17/h8-9H,2-7H2,1H3,(H,16,17). The third-order valence-electron chi connectivity index (χ3n) is 3.37. The number of alkyl halides is 3. The smallest absolute Gasteiger partial charge is 0.390 e. The van der Waals surface area contributed by atoms with Crippen LogP contribution in [0.3, 0.4) is 0 Å². The molecule has 0 radical (unpaired) electrons. The molecule has 1 fully saturated rings. The molecule has 1 heterocycles. The Hall–Kier alpha value is -0.780. The van der Waals surface area contributed by atoms with Crippen LogP contribution in [0.1, 0.15) is 32.6 Å². The number of aliphatic carboxylic acids is 1. The van der Waals surface area contributed by atoms with Crippen LogP contribution in [0.25, 0.3) is 0 Å². The fourth-order valence-electron chi connectivity index (χ4n) is 2.25. The minimum absolute atomic E-state index is 0.211. The predicted molar refractivity (Wildman–Crippen MR) is 56.7 cm³/mol. The number of hydrogen-bond acceptors (Lipinski definition) is 2. The highest BCUT2D eigenvalue weighted by Gasteiger charge is 2.35. The van der Waals surface area contributed by atoms with Gasteiger partial charge in [0.15, 0.2) is 0 Å². The van der Waals surface area contributed by atoms with Gasteiger partial charge in [0, 0.05) is 6.54 Å². The van der Waals surface area contributed by atoms with E-state index in [9.17, 15) is 18.0 Å². The number of halogens is 3. The van der Waals surface area contributed by atoms with Gasteiger partial charge in [0.2, 0.25) is 0 Å². The van der Waals surface area contributed by atoms with Gasteiger partial charge in [0.05, 0.1) is 6.42 Å². The fourth-order valence-corrected chi connectivity index (χ4v) is 2.25. The Kier molecular flexibility index (Phi) is 4.80. The summed E-state index contributed by atoms with van der Waals surface area (Å²) in [6.07, 6.45) is -3.02. The molecule has 1 saturated heterocycles. The molecular formula is C11H18F3NO2. The topological polar surface area (TPSA) is 40.5 Å². The highest BCUT2D eigenvalue weighted by Crippen LogP contribution is 2.27. The van der Waals surface area contributed by atoms with E-state index in [4.69, 9.17) is 5.11 Å². The number of nitrogens with zero attached hydrogens (tertiary/aromatic N) is 1. The number of rotatable bonds is 4. The fraction of sp³-hybridized carbons (Fsp3) is 0.909. The number of carbonyl (C=O) groups is 1. The number of piperidine rings is 1. The first-order valence-corrected chi connectivity index (χ1v) is 5.87. The van der Waals surface area contributed by atoms with Gasteiger partial charge in [-0.3, -0.25) is 9.69 Å². The molecule has 0 aromatic heterocycles. The molecule has 3 nitrogen and oxygen atoms in total. The number of hydrogen-bond donors (Lipinski definition) is 1.